The second-order valence-corrected chi connectivity index (χ2v) is 19.8. The van der Waals surface area contributed by atoms with Crippen molar-refractivity contribution in [2.24, 2.45) is 23.7 Å². The van der Waals surface area contributed by atoms with Gasteiger partial charge in [-0.3, -0.25) is 29.4 Å². The molecule has 16 nitrogen and oxygen atoms in total. The fourth-order valence-electron chi connectivity index (χ4n) is 9.10. The minimum atomic E-state index is -0.899. The van der Waals surface area contributed by atoms with Crippen LogP contribution in [-0.2, 0) is 39.9 Å². The standard InChI is InChI=1S/C50H81N7O9/c1-16-32(6)43(38(64-14)28-40(58)57-26-20-23-37(57)45(65-15)33(7)46(60)52-34(8)44(59)36-21-18-17-19-22-36)56(13)48(62)41(30(2)3)54-47(61)42(31(4)5)55(12)29-35-24-25-51-39(27-35)53-49(63)66-50(9,10)11/h17-19,21-22,24-25,27,30-34,37-38,41-45,59H,16,20,23,26,28-29H2,1-15H3,(H,52,60)(H,54,61)(H,51,53,63)/t32-,33+,34+,37?,38+,41-,42-,43-,44+,45+/m0/s1. The number of nitrogens with one attached hydrogen (secondary N) is 3. The minimum absolute atomic E-state index is 0.0140. The molecule has 1 aromatic carbocycles. The smallest absolute Gasteiger partial charge is 0.413 e. The predicted octanol–water partition coefficient (Wildman–Crippen LogP) is 6.18. The number of hydrogen-bond acceptors (Lipinski definition) is 11. The number of aromatic nitrogens is 1. The molecule has 66 heavy (non-hydrogen) atoms. The van der Waals surface area contributed by atoms with E-state index in [2.05, 4.69) is 20.9 Å². The predicted molar refractivity (Wildman–Crippen MR) is 256 cm³/mol. The van der Waals surface area contributed by atoms with Crippen molar-refractivity contribution < 1.29 is 43.3 Å². The summed E-state index contributed by atoms with van der Waals surface area (Å²) in [7, 11) is 6.65. The zero-order chi connectivity index (χ0) is 49.6. The molecule has 1 aliphatic heterocycles. The molecule has 4 N–H and O–H groups in total. The molecule has 5 amide bonds. The monoisotopic (exact) mass is 924 g/mol. The Kier molecular flexibility index (Phi) is 21.5. The third-order valence-electron chi connectivity index (χ3n) is 12.7. The van der Waals surface area contributed by atoms with E-state index in [-0.39, 0.29) is 53.8 Å². The van der Waals surface area contributed by atoms with E-state index in [0.29, 0.717) is 37.3 Å². The van der Waals surface area contributed by atoms with Crippen molar-refractivity contribution in [3.63, 3.8) is 0 Å². The molecule has 0 saturated carbocycles. The lowest BCUT2D eigenvalue weighted by Gasteiger charge is -2.41. The van der Waals surface area contributed by atoms with Gasteiger partial charge in [-0.25, -0.2) is 9.78 Å². The summed E-state index contributed by atoms with van der Waals surface area (Å²) in [6, 6.07) is 9.76. The Morgan fingerprint density at radius 1 is 0.909 bits per heavy atom. The van der Waals surface area contributed by atoms with E-state index in [9.17, 15) is 29.1 Å². The van der Waals surface area contributed by atoms with Crippen LogP contribution < -0.4 is 16.0 Å². The Labute approximate surface area is 394 Å². The molecule has 0 spiro atoms. The van der Waals surface area contributed by atoms with Crippen molar-refractivity contribution in [3.8, 4) is 0 Å². The Hall–Kier alpha value is -4.64. The average molecular weight is 924 g/mol. The zero-order valence-electron chi connectivity index (χ0n) is 42.3. The Morgan fingerprint density at radius 2 is 1.56 bits per heavy atom. The topological polar surface area (TPSA) is 192 Å². The zero-order valence-corrected chi connectivity index (χ0v) is 42.3. The van der Waals surface area contributed by atoms with Crippen molar-refractivity contribution in [1.29, 1.82) is 0 Å². The van der Waals surface area contributed by atoms with Gasteiger partial charge in [-0.15, -0.1) is 0 Å². The molecule has 0 radical (unpaired) electrons. The number of nitrogens with zero attached hydrogens (tertiary/aromatic N) is 4. The second-order valence-electron chi connectivity index (χ2n) is 19.8. The Balaban J connectivity index is 1.76. The van der Waals surface area contributed by atoms with Crippen molar-refractivity contribution in [3.05, 3.63) is 59.8 Å². The Morgan fingerprint density at radius 3 is 2.12 bits per heavy atom. The van der Waals surface area contributed by atoms with E-state index in [4.69, 9.17) is 14.2 Å². The van der Waals surface area contributed by atoms with E-state index in [1.165, 1.54) is 0 Å². The lowest BCUT2D eigenvalue weighted by atomic mass is 9.89. The number of benzene rings is 1. The van der Waals surface area contributed by atoms with Gasteiger partial charge in [0.05, 0.1) is 54.8 Å². The average Bonchev–Trinajstić information content (AvgIpc) is 3.74. The highest BCUT2D eigenvalue weighted by Crippen LogP contribution is 2.30. The van der Waals surface area contributed by atoms with Crippen molar-refractivity contribution in [1.82, 2.24) is 30.3 Å². The number of aliphatic hydroxyl groups excluding tert-OH is 1. The van der Waals surface area contributed by atoms with E-state index >= 15 is 0 Å². The first-order valence-corrected chi connectivity index (χ1v) is 23.6. The van der Waals surface area contributed by atoms with E-state index < -0.39 is 60.1 Å². The molecule has 1 aromatic heterocycles. The van der Waals surface area contributed by atoms with Gasteiger partial charge in [-0.2, -0.15) is 0 Å². The van der Waals surface area contributed by atoms with Crippen LogP contribution in [-0.4, -0.2) is 137 Å². The van der Waals surface area contributed by atoms with E-state index in [1.807, 2.05) is 89.9 Å². The highest BCUT2D eigenvalue weighted by Gasteiger charge is 2.43. The Bertz CT molecular complexity index is 1880. The lowest BCUT2D eigenvalue weighted by molar-refractivity contribution is -0.148. The minimum Gasteiger partial charge on any atom is -0.444 e. The van der Waals surface area contributed by atoms with Gasteiger partial charge in [0.25, 0.3) is 0 Å². The van der Waals surface area contributed by atoms with Crippen LogP contribution in [0.1, 0.15) is 119 Å². The molecule has 0 bridgehead atoms. The number of likely N-dealkylation sites (N-methyl/N-ethyl adjacent to an activating group) is 2. The van der Waals surface area contributed by atoms with Crippen LogP contribution in [0.4, 0.5) is 10.6 Å². The van der Waals surface area contributed by atoms with Gasteiger partial charge in [0.2, 0.25) is 23.6 Å². The molecule has 3 rings (SSSR count). The van der Waals surface area contributed by atoms with Gasteiger partial charge < -0.3 is 39.8 Å². The van der Waals surface area contributed by atoms with Crippen LogP contribution >= 0.6 is 0 Å². The molecule has 2 heterocycles. The number of aliphatic hydroxyl groups is 1. The highest BCUT2D eigenvalue weighted by molar-refractivity contribution is 5.90. The van der Waals surface area contributed by atoms with E-state index in [1.54, 1.807) is 77.9 Å². The van der Waals surface area contributed by atoms with Gasteiger partial charge in [-0.1, -0.05) is 85.2 Å². The highest BCUT2D eigenvalue weighted by atomic mass is 16.6. The van der Waals surface area contributed by atoms with Gasteiger partial charge in [0.15, 0.2) is 0 Å². The van der Waals surface area contributed by atoms with E-state index in [0.717, 1.165) is 12.0 Å². The second kappa shape index (κ2) is 25.5. The summed E-state index contributed by atoms with van der Waals surface area (Å²) in [5.41, 5.74) is 0.836. The molecule has 1 fully saturated rings. The molecule has 2 aromatic rings. The maximum atomic E-state index is 14.7. The fraction of sp³-hybridized carbons (Fsp3) is 0.680. The van der Waals surface area contributed by atoms with Crippen LogP contribution in [0.2, 0.25) is 0 Å². The quantitative estimate of drug-likeness (QED) is 0.0995. The first-order chi connectivity index (χ1) is 30.9. The summed E-state index contributed by atoms with van der Waals surface area (Å²) in [6.07, 6.45) is 0.831. The first kappa shape index (κ1) is 55.7. The summed E-state index contributed by atoms with van der Waals surface area (Å²) in [4.78, 5) is 78.9. The normalized spacial score (nSPS) is 18.4. The number of anilines is 1. The largest absolute Gasteiger partial charge is 0.444 e. The third kappa shape index (κ3) is 15.5. The van der Waals surface area contributed by atoms with Crippen LogP contribution in [0.25, 0.3) is 0 Å². The van der Waals surface area contributed by atoms with Gasteiger partial charge in [-0.05, 0) is 88.6 Å². The SMILES string of the molecule is CC[C@H](C)[C@@H]([C@@H](CC(=O)N1CCCC1[C@H](OC)[C@@H](C)C(=O)N[C@H](C)[C@@H](O)c1ccccc1)OC)N(C)C(=O)[C@@H](NC(=O)[C@H](C(C)C)N(C)Cc1ccnc(NC(=O)OC(C)(C)C)c1)C(C)C. The molecule has 0 aliphatic carbocycles. The number of carbonyl (C=O) groups is 5. The van der Waals surface area contributed by atoms with Crippen LogP contribution in [0, 0.1) is 23.7 Å². The van der Waals surface area contributed by atoms with Crippen molar-refractivity contribution in [2.75, 3.05) is 40.2 Å². The van der Waals surface area contributed by atoms with Gasteiger partial charge in [0.1, 0.15) is 17.5 Å². The number of pyridine rings is 1. The fourth-order valence-corrected chi connectivity index (χ4v) is 9.10. The van der Waals surface area contributed by atoms with Crippen LogP contribution in [0.5, 0.6) is 0 Å². The number of amides is 5. The maximum Gasteiger partial charge on any atom is 0.413 e. The van der Waals surface area contributed by atoms with Crippen LogP contribution in [0.15, 0.2) is 48.7 Å². The number of carbonyl (C=O) groups excluding carboxylic acids is 5. The molecule has 16 heteroatoms. The number of rotatable bonds is 23. The number of methoxy groups -OCH3 is 2. The maximum absolute atomic E-state index is 14.7. The molecule has 1 unspecified atom stereocenters. The van der Waals surface area contributed by atoms with Gasteiger partial charge in [0, 0.05) is 40.6 Å². The summed E-state index contributed by atoms with van der Waals surface area (Å²) in [6.45, 7) is 21.5. The number of likely N-dealkylation sites (tertiary alicyclic amines) is 1. The van der Waals surface area contributed by atoms with Gasteiger partial charge >= 0.3 is 6.09 Å². The number of ether oxygens (including phenoxy) is 3. The molecular formula is C50H81N7O9. The van der Waals surface area contributed by atoms with Crippen LogP contribution in [0.3, 0.4) is 0 Å². The third-order valence-corrected chi connectivity index (χ3v) is 12.7. The van der Waals surface area contributed by atoms with Crippen molar-refractivity contribution in [2.45, 2.75) is 163 Å². The first-order valence-electron chi connectivity index (χ1n) is 23.6. The molecule has 1 aliphatic rings. The summed E-state index contributed by atoms with van der Waals surface area (Å²) in [5, 5.41) is 19.6. The number of hydrogen-bond donors (Lipinski definition) is 4. The summed E-state index contributed by atoms with van der Waals surface area (Å²) >= 11 is 0. The molecule has 370 valence electrons. The summed E-state index contributed by atoms with van der Waals surface area (Å²) in [5.74, 6) is -1.85. The summed E-state index contributed by atoms with van der Waals surface area (Å²) < 4.78 is 17.4. The molecule has 10 atom stereocenters. The van der Waals surface area contributed by atoms with Crippen molar-refractivity contribution >= 4 is 35.5 Å². The molecule has 1 saturated heterocycles. The lowest BCUT2D eigenvalue weighted by Crippen LogP contribution is -2.60. The molecular weight excluding hydrogens is 843 g/mol.